The Hall–Kier alpha value is -4.19. The predicted molar refractivity (Wildman–Crippen MR) is 168 cm³/mol. The molecule has 0 spiro atoms. The zero-order chi connectivity index (χ0) is 31.9. The lowest BCUT2D eigenvalue weighted by Crippen LogP contribution is -2.50. The molecule has 2 saturated heterocycles. The highest BCUT2D eigenvalue weighted by Crippen LogP contribution is 2.45. The number of rotatable bonds is 7. The van der Waals surface area contributed by atoms with E-state index in [-0.39, 0.29) is 18.1 Å². The average molecular weight is 625 g/mol. The number of hydrazone groups is 1. The van der Waals surface area contributed by atoms with Crippen molar-refractivity contribution in [3.63, 3.8) is 0 Å². The molecule has 0 N–H and O–H groups in total. The fourth-order valence-corrected chi connectivity index (χ4v) is 6.54. The second-order valence-corrected chi connectivity index (χ2v) is 11.9. The van der Waals surface area contributed by atoms with Crippen LogP contribution in [0.5, 0.6) is 11.5 Å². The van der Waals surface area contributed by atoms with E-state index in [1.165, 1.54) is 11.1 Å². The Morgan fingerprint density at radius 2 is 1.60 bits per heavy atom. The van der Waals surface area contributed by atoms with E-state index in [0.717, 1.165) is 50.7 Å². The molecule has 0 unspecified atom stereocenters. The lowest BCUT2D eigenvalue weighted by Gasteiger charge is -2.36. The van der Waals surface area contributed by atoms with Crippen LogP contribution in [0.4, 0.5) is 24.5 Å². The van der Waals surface area contributed by atoms with Gasteiger partial charge in [0.15, 0.2) is 0 Å². The third kappa shape index (κ3) is 6.07. The molecule has 240 valence electrons. The lowest BCUT2D eigenvalue weighted by molar-refractivity contribution is -0.137. The van der Waals surface area contributed by atoms with Crippen molar-refractivity contribution in [1.29, 1.82) is 0 Å². The van der Waals surface area contributed by atoms with E-state index in [1.54, 1.807) is 38.5 Å². The van der Waals surface area contributed by atoms with E-state index >= 15 is 0 Å². The summed E-state index contributed by atoms with van der Waals surface area (Å²) >= 11 is 0. The molecule has 45 heavy (non-hydrogen) atoms. The van der Waals surface area contributed by atoms with Gasteiger partial charge in [-0.1, -0.05) is 6.58 Å². The van der Waals surface area contributed by atoms with Crippen LogP contribution in [0.2, 0.25) is 0 Å². The first-order chi connectivity index (χ1) is 21.6. The molecule has 0 aromatic heterocycles. The molecule has 4 aliphatic rings. The minimum Gasteiger partial charge on any atom is -0.497 e. The number of carbonyl (C=O) groups excluding carboxylic acids is 1. The quantitative estimate of drug-likeness (QED) is 0.439. The summed E-state index contributed by atoms with van der Waals surface area (Å²) in [6.07, 6.45) is -2.11. The van der Waals surface area contributed by atoms with Gasteiger partial charge in [-0.05, 0) is 56.6 Å². The van der Waals surface area contributed by atoms with Crippen LogP contribution >= 0.6 is 0 Å². The Morgan fingerprint density at radius 1 is 0.933 bits per heavy atom. The van der Waals surface area contributed by atoms with Crippen LogP contribution in [-0.2, 0) is 11.0 Å². The average Bonchev–Trinajstić information content (AvgIpc) is 3.72. The number of anilines is 2. The van der Waals surface area contributed by atoms with Crippen molar-refractivity contribution >= 4 is 23.0 Å². The van der Waals surface area contributed by atoms with Crippen LogP contribution in [0.3, 0.4) is 0 Å². The third-order valence-electron chi connectivity index (χ3n) is 9.04. The molecule has 12 heteroatoms. The summed E-state index contributed by atoms with van der Waals surface area (Å²) in [4.78, 5) is 21.5. The van der Waals surface area contributed by atoms with Gasteiger partial charge in [-0.25, -0.2) is 5.01 Å². The number of alkyl halides is 3. The molecular weight excluding hydrogens is 585 g/mol. The van der Waals surface area contributed by atoms with Gasteiger partial charge in [0.25, 0.3) is 0 Å². The number of piperazine rings is 1. The molecule has 0 radical (unpaired) electrons. The normalized spacial score (nSPS) is 19.3. The summed E-state index contributed by atoms with van der Waals surface area (Å²) in [5.74, 6) is 1.03. The Kier molecular flexibility index (Phi) is 8.43. The largest absolute Gasteiger partial charge is 0.497 e. The molecule has 9 nitrogen and oxygen atoms in total. The van der Waals surface area contributed by atoms with Crippen molar-refractivity contribution in [2.24, 2.45) is 5.10 Å². The number of carbonyl (C=O) groups is 1. The summed E-state index contributed by atoms with van der Waals surface area (Å²) in [7, 11) is 5.12. The molecule has 2 aromatic carbocycles. The van der Waals surface area contributed by atoms with Crippen LogP contribution in [0.15, 0.2) is 65.0 Å². The molecule has 4 aliphatic heterocycles. The van der Waals surface area contributed by atoms with E-state index in [1.807, 2.05) is 16.8 Å². The Labute approximate surface area is 261 Å². The molecule has 0 aliphatic carbocycles. The number of likely N-dealkylation sites (N-methyl/N-ethyl adjacent to an activating group) is 1. The number of halogens is 3. The highest BCUT2D eigenvalue weighted by Gasteiger charge is 2.41. The minimum atomic E-state index is -4.63. The van der Waals surface area contributed by atoms with Gasteiger partial charge in [0.05, 0.1) is 49.1 Å². The maximum atomic E-state index is 14.6. The van der Waals surface area contributed by atoms with Gasteiger partial charge in [0, 0.05) is 68.7 Å². The number of methoxy groups -OCH3 is 2. The van der Waals surface area contributed by atoms with Crippen LogP contribution in [0.25, 0.3) is 0 Å². The molecule has 0 atom stereocenters. The van der Waals surface area contributed by atoms with E-state index in [0.29, 0.717) is 65.9 Å². The van der Waals surface area contributed by atoms with Gasteiger partial charge in [-0.3, -0.25) is 4.79 Å². The van der Waals surface area contributed by atoms with E-state index in [9.17, 15) is 18.0 Å². The predicted octanol–water partition coefficient (Wildman–Crippen LogP) is 4.79. The van der Waals surface area contributed by atoms with Gasteiger partial charge in [0.1, 0.15) is 11.5 Å². The Balaban J connectivity index is 1.46. The zero-order valence-electron chi connectivity index (χ0n) is 26.0. The summed E-state index contributed by atoms with van der Waals surface area (Å²) in [6.45, 7) is 9.33. The molecule has 1 amide bonds. The first-order valence-corrected chi connectivity index (χ1v) is 15.3. The van der Waals surface area contributed by atoms with Crippen molar-refractivity contribution in [1.82, 2.24) is 14.7 Å². The first-order valence-electron chi connectivity index (χ1n) is 15.3. The number of benzene rings is 2. The van der Waals surface area contributed by atoms with E-state index in [2.05, 4.69) is 16.4 Å². The van der Waals surface area contributed by atoms with Crippen LogP contribution in [0, 0.1) is 0 Å². The van der Waals surface area contributed by atoms with Crippen molar-refractivity contribution in [2.75, 3.05) is 83.5 Å². The third-order valence-corrected chi connectivity index (χ3v) is 9.04. The fraction of sp³-hybridized carbons (Fsp3) is 0.455. The second kappa shape index (κ2) is 12.3. The number of amides is 1. The number of ether oxygens (including phenoxy) is 2. The van der Waals surface area contributed by atoms with E-state index < -0.39 is 11.7 Å². The zero-order valence-corrected chi connectivity index (χ0v) is 26.0. The van der Waals surface area contributed by atoms with Crippen molar-refractivity contribution in [3.05, 3.63) is 71.1 Å². The summed E-state index contributed by atoms with van der Waals surface area (Å²) in [6, 6.07) is 9.54. The van der Waals surface area contributed by atoms with Gasteiger partial charge in [-0.2, -0.15) is 18.3 Å². The van der Waals surface area contributed by atoms with Gasteiger partial charge < -0.3 is 29.1 Å². The standard InChI is InChI=1S/C33H39F3N6O3/c1-22-32-27(9-12-41(32)21-30(43)40-15-13-38(2)14-16-40)31(23-17-25(44-3)20-26(18-23)45-4)37-42(22)29-19-24(39-10-5-6-11-39)7-8-28(29)33(34,35)36/h7-8,17-20H,1,5-6,9-16,21H2,2-4H3. The second-order valence-electron chi connectivity index (χ2n) is 11.9. The highest BCUT2D eigenvalue weighted by atomic mass is 19.4. The van der Waals surface area contributed by atoms with Crippen molar-refractivity contribution in [3.8, 4) is 11.5 Å². The highest BCUT2D eigenvalue weighted by molar-refractivity contribution is 6.15. The van der Waals surface area contributed by atoms with Gasteiger partial charge in [0.2, 0.25) is 5.91 Å². The molecule has 0 saturated carbocycles. The smallest absolute Gasteiger partial charge is 0.418 e. The fourth-order valence-electron chi connectivity index (χ4n) is 6.54. The lowest BCUT2D eigenvalue weighted by atomic mass is 9.97. The van der Waals surface area contributed by atoms with Crippen LogP contribution < -0.4 is 19.4 Å². The minimum absolute atomic E-state index is 0.0182. The maximum absolute atomic E-state index is 14.6. The molecule has 2 aromatic rings. The Bertz CT molecular complexity index is 1520. The van der Waals surface area contributed by atoms with Crippen LogP contribution in [-0.4, -0.2) is 99.9 Å². The number of nitrogens with zero attached hydrogens (tertiary/aromatic N) is 6. The number of hydrogen-bond donors (Lipinski definition) is 0. The Morgan fingerprint density at radius 3 is 2.22 bits per heavy atom. The maximum Gasteiger partial charge on any atom is 0.418 e. The molecule has 2 fully saturated rings. The number of hydrogen-bond acceptors (Lipinski definition) is 8. The van der Waals surface area contributed by atoms with Crippen LogP contribution in [0.1, 0.15) is 30.4 Å². The summed E-state index contributed by atoms with van der Waals surface area (Å²) < 4.78 is 54.8. The molecule has 0 bridgehead atoms. The monoisotopic (exact) mass is 624 g/mol. The molecular formula is C33H39F3N6O3. The SMILES string of the molecule is C=C1C2=C(CCN2CC(=O)N2CCN(C)CC2)C(c2cc(OC)cc(OC)c2)=NN1c1cc(N2CCCC2)ccc1C(F)(F)F. The molecule has 4 heterocycles. The molecule has 6 rings (SSSR count). The summed E-state index contributed by atoms with van der Waals surface area (Å²) in [5.41, 5.74) is 2.67. The summed E-state index contributed by atoms with van der Waals surface area (Å²) in [5, 5.41) is 6.19. The topological polar surface area (TPSA) is 64.1 Å². The van der Waals surface area contributed by atoms with Crippen molar-refractivity contribution < 1.29 is 27.4 Å². The van der Waals surface area contributed by atoms with E-state index in [4.69, 9.17) is 14.6 Å². The van der Waals surface area contributed by atoms with Crippen molar-refractivity contribution in [2.45, 2.75) is 25.4 Å². The van der Waals surface area contributed by atoms with Gasteiger partial charge in [-0.15, -0.1) is 0 Å². The van der Waals surface area contributed by atoms with Gasteiger partial charge >= 0.3 is 6.18 Å². The first kappa shape index (κ1) is 30.8.